The maximum atomic E-state index is 5.54. The van der Waals surface area contributed by atoms with Gasteiger partial charge in [0.25, 0.3) is 0 Å². The Bertz CT molecular complexity index is 451. The van der Waals surface area contributed by atoms with Crippen LogP contribution in [0.15, 0.2) is 42.7 Å². The minimum atomic E-state index is 0.646. The molecule has 0 spiro atoms. The minimum absolute atomic E-state index is 0.646. The Morgan fingerprint density at radius 3 is 2.25 bits per heavy atom. The summed E-state index contributed by atoms with van der Waals surface area (Å²) in [5, 5.41) is 0. The van der Waals surface area contributed by atoms with Gasteiger partial charge in [0, 0.05) is 18.5 Å². The zero-order chi connectivity index (χ0) is 11.4. The van der Waals surface area contributed by atoms with Crippen molar-refractivity contribution in [2.24, 2.45) is 0 Å². The second-order valence-electron chi connectivity index (χ2n) is 3.15. The van der Waals surface area contributed by atoms with Gasteiger partial charge in [0.05, 0.1) is 14.2 Å². The van der Waals surface area contributed by atoms with E-state index in [0.717, 1.165) is 0 Å². The quantitative estimate of drug-likeness (QED) is 0.791. The van der Waals surface area contributed by atoms with Crippen LogP contribution in [0, 0.1) is 0 Å². The fourth-order valence-electron chi connectivity index (χ4n) is 1.37. The molecular formula is C12H13NO3. The third-order valence-electron chi connectivity index (χ3n) is 2.14. The Kier molecular flexibility index (Phi) is 3.00. The molecule has 0 atom stereocenters. The molecule has 2 aromatic rings. The van der Waals surface area contributed by atoms with Gasteiger partial charge in [-0.1, -0.05) is 0 Å². The molecule has 84 valence electrons. The highest BCUT2D eigenvalue weighted by molar-refractivity contribution is 5.45. The van der Waals surface area contributed by atoms with Crippen LogP contribution in [-0.4, -0.2) is 19.0 Å². The maximum Gasteiger partial charge on any atom is 0.164 e. The van der Waals surface area contributed by atoms with Gasteiger partial charge >= 0.3 is 0 Å². The van der Waals surface area contributed by atoms with Gasteiger partial charge in [0.2, 0.25) is 0 Å². The zero-order valence-electron chi connectivity index (χ0n) is 9.21. The summed E-state index contributed by atoms with van der Waals surface area (Å²) in [5.74, 6) is 2.02. The molecule has 1 heterocycles. The van der Waals surface area contributed by atoms with Crippen molar-refractivity contribution in [2.45, 2.75) is 0 Å². The molecule has 0 radical (unpaired) electrons. The third kappa shape index (κ3) is 2.11. The summed E-state index contributed by atoms with van der Waals surface area (Å²) < 4.78 is 11.9. The van der Waals surface area contributed by atoms with Crippen molar-refractivity contribution in [3.05, 3.63) is 42.7 Å². The summed E-state index contributed by atoms with van der Waals surface area (Å²) in [7, 11) is 3.20. The first-order valence-electron chi connectivity index (χ1n) is 4.87. The van der Waals surface area contributed by atoms with E-state index < -0.39 is 0 Å². The van der Waals surface area contributed by atoms with Crippen LogP contribution in [0.1, 0.15) is 0 Å². The van der Waals surface area contributed by atoms with Gasteiger partial charge in [-0.3, -0.25) is 0 Å². The van der Waals surface area contributed by atoms with Crippen LogP contribution in [0.3, 0.4) is 0 Å². The molecule has 0 aliphatic carbocycles. The number of methoxy groups -OCH3 is 2. The Morgan fingerprint density at radius 1 is 0.938 bits per heavy atom. The first kappa shape index (κ1) is 10.4. The molecule has 0 saturated heterocycles. The highest BCUT2D eigenvalue weighted by Crippen LogP contribution is 2.30. The van der Waals surface area contributed by atoms with E-state index in [9.17, 15) is 0 Å². The highest BCUT2D eigenvalue weighted by Gasteiger charge is 2.05. The molecule has 16 heavy (non-hydrogen) atoms. The molecule has 4 heteroatoms. The standard InChI is InChI=1S/C12H13NO3/c1-14-11-6-5-10(9-12(11)15-2)16-13-7-3-4-8-13/h3-9H,1-2H3. The van der Waals surface area contributed by atoms with E-state index in [1.165, 1.54) is 0 Å². The molecule has 0 unspecified atom stereocenters. The Hall–Kier alpha value is -2.10. The predicted octanol–water partition coefficient (Wildman–Crippen LogP) is 2.35. The van der Waals surface area contributed by atoms with Crippen LogP contribution < -0.4 is 14.3 Å². The van der Waals surface area contributed by atoms with Crippen LogP contribution in [0.4, 0.5) is 0 Å². The number of aromatic nitrogens is 1. The van der Waals surface area contributed by atoms with Crippen LogP contribution in [-0.2, 0) is 0 Å². The van der Waals surface area contributed by atoms with Gasteiger partial charge < -0.3 is 14.3 Å². The normalized spacial score (nSPS) is 9.88. The largest absolute Gasteiger partial charge is 0.493 e. The molecule has 4 nitrogen and oxygen atoms in total. The van der Waals surface area contributed by atoms with E-state index in [-0.39, 0.29) is 0 Å². The van der Waals surface area contributed by atoms with E-state index in [1.807, 2.05) is 30.6 Å². The summed E-state index contributed by atoms with van der Waals surface area (Å²) in [6.07, 6.45) is 3.63. The van der Waals surface area contributed by atoms with Gasteiger partial charge in [0.1, 0.15) is 0 Å². The maximum absolute atomic E-state index is 5.54. The SMILES string of the molecule is COc1ccc(On2cccc2)cc1OC. The molecule has 2 rings (SSSR count). The zero-order valence-corrected chi connectivity index (χ0v) is 9.21. The molecule has 0 N–H and O–H groups in total. The summed E-state index contributed by atoms with van der Waals surface area (Å²) in [6.45, 7) is 0. The monoisotopic (exact) mass is 219 g/mol. The molecule has 0 bridgehead atoms. The van der Waals surface area contributed by atoms with Crippen LogP contribution in [0.5, 0.6) is 17.2 Å². The summed E-state index contributed by atoms with van der Waals surface area (Å²) in [5.41, 5.74) is 0. The lowest BCUT2D eigenvalue weighted by atomic mass is 10.3. The minimum Gasteiger partial charge on any atom is -0.493 e. The predicted molar refractivity (Wildman–Crippen MR) is 60.0 cm³/mol. The van der Waals surface area contributed by atoms with E-state index in [2.05, 4.69) is 0 Å². The van der Waals surface area contributed by atoms with E-state index in [1.54, 1.807) is 31.1 Å². The second-order valence-corrected chi connectivity index (χ2v) is 3.15. The number of nitrogens with zero attached hydrogens (tertiary/aromatic N) is 1. The number of rotatable bonds is 4. The van der Waals surface area contributed by atoms with Crippen molar-refractivity contribution < 1.29 is 14.3 Å². The third-order valence-corrected chi connectivity index (χ3v) is 2.14. The lowest BCUT2D eigenvalue weighted by molar-refractivity contribution is 0.215. The van der Waals surface area contributed by atoms with Gasteiger partial charge in [-0.25, -0.2) is 0 Å². The molecule has 0 aliphatic rings. The van der Waals surface area contributed by atoms with Crippen LogP contribution in [0.25, 0.3) is 0 Å². The lowest BCUT2D eigenvalue weighted by Crippen LogP contribution is -2.01. The number of hydrogen-bond donors (Lipinski definition) is 0. The van der Waals surface area contributed by atoms with Gasteiger partial charge in [-0.05, 0) is 24.3 Å². The van der Waals surface area contributed by atoms with Crippen LogP contribution in [0.2, 0.25) is 0 Å². The van der Waals surface area contributed by atoms with Crippen molar-refractivity contribution in [1.82, 2.24) is 4.73 Å². The topological polar surface area (TPSA) is 32.6 Å². The molecule has 1 aromatic carbocycles. The Morgan fingerprint density at radius 2 is 1.62 bits per heavy atom. The smallest absolute Gasteiger partial charge is 0.164 e. The van der Waals surface area contributed by atoms with Gasteiger partial charge in [-0.15, -0.1) is 0 Å². The fraction of sp³-hybridized carbons (Fsp3) is 0.167. The van der Waals surface area contributed by atoms with E-state index >= 15 is 0 Å². The second kappa shape index (κ2) is 4.61. The molecular weight excluding hydrogens is 206 g/mol. The average Bonchev–Trinajstić information content (AvgIpc) is 2.81. The lowest BCUT2D eigenvalue weighted by Gasteiger charge is -2.10. The molecule has 0 fully saturated rings. The summed E-state index contributed by atoms with van der Waals surface area (Å²) in [4.78, 5) is 5.54. The number of benzene rings is 1. The number of ether oxygens (including phenoxy) is 2. The van der Waals surface area contributed by atoms with Crippen molar-refractivity contribution in [3.63, 3.8) is 0 Å². The highest BCUT2D eigenvalue weighted by atomic mass is 16.7. The Balaban J connectivity index is 2.22. The first-order valence-corrected chi connectivity index (χ1v) is 4.87. The van der Waals surface area contributed by atoms with Crippen molar-refractivity contribution >= 4 is 0 Å². The van der Waals surface area contributed by atoms with Gasteiger partial charge in [-0.2, -0.15) is 4.73 Å². The van der Waals surface area contributed by atoms with Crippen LogP contribution >= 0.6 is 0 Å². The number of hydrogen-bond acceptors (Lipinski definition) is 3. The van der Waals surface area contributed by atoms with E-state index in [4.69, 9.17) is 14.3 Å². The van der Waals surface area contributed by atoms with E-state index in [0.29, 0.717) is 17.2 Å². The van der Waals surface area contributed by atoms with Crippen molar-refractivity contribution in [1.29, 1.82) is 0 Å². The molecule has 0 aliphatic heterocycles. The summed E-state index contributed by atoms with van der Waals surface area (Å²) >= 11 is 0. The van der Waals surface area contributed by atoms with Crippen molar-refractivity contribution in [3.8, 4) is 17.2 Å². The molecule has 0 amide bonds. The first-order chi connectivity index (χ1) is 7.83. The average molecular weight is 219 g/mol. The molecule has 1 aromatic heterocycles. The Labute approximate surface area is 93.9 Å². The van der Waals surface area contributed by atoms with Crippen molar-refractivity contribution in [2.75, 3.05) is 14.2 Å². The van der Waals surface area contributed by atoms with Gasteiger partial charge in [0.15, 0.2) is 17.2 Å². The fourth-order valence-corrected chi connectivity index (χ4v) is 1.37. The molecule has 0 saturated carbocycles. The summed E-state index contributed by atoms with van der Waals surface area (Å²) in [6, 6.07) is 9.18.